The first-order valence-electron chi connectivity index (χ1n) is 7.21. The van der Waals surface area contributed by atoms with Crippen molar-refractivity contribution in [3.8, 4) is 5.75 Å². The standard InChI is InChI=1S/C18H20N2O/c1-20-12-11-18(14-19-20,15-7-4-3-5-8-15)16-9-6-10-17(13-16)21-2/h3-10,13-14H,11-12H2,1-2H3. The summed E-state index contributed by atoms with van der Waals surface area (Å²) in [6.45, 7) is 0.933. The Morgan fingerprint density at radius 1 is 1.05 bits per heavy atom. The quantitative estimate of drug-likeness (QED) is 0.861. The van der Waals surface area contributed by atoms with Crippen molar-refractivity contribution in [3.63, 3.8) is 0 Å². The number of hydrazone groups is 1. The maximum Gasteiger partial charge on any atom is 0.119 e. The highest BCUT2D eigenvalue weighted by Crippen LogP contribution is 2.37. The van der Waals surface area contributed by atoms with Crippen molar-refractivity contribution in [1.82, 2.24) is 5.01 Å². The lowest BCUT2D eigenvalue weighted by Gasteiger charge is -2.36. The summed E-state index contributed by atoms with van der Waals surface area (Å²) in [5.74, 6) is 0.884. The Morgan fingerprint density at radius 3 is 2.48 bits per heavy atom. The first-order chi connectivity index (χ1) is 10.2. The lowest BCUT2D eigenvalue weighted by Crippen LogP contribution is -2.38. The number of methoxy groups -OCH3 is 1. The Hall–Kier alpha value is -2.29. The summed E-state index contributed by atoms with van der Waals surface area (Å²) in [5.41, 5.74) is 2.32. The fraction of sp³-hybridized carbons (Fsp3) is 0.278. The molecule has 1 aliphatic heterocycles. The minimum atomic E-state index is -0.178. The van der Waals surface area contributed by atoms with E-state index in [0.717, 1.165) is 18.7 Å². The SMILES string of the molecule is COc1cccc(C2(c3ccccc3)C=NN(C)CC2)c1. The van der Waals surface area contributed by atoms with E-state index in [1.165, 1.54) is 11.1 Å². The summed E-state index contributed by atoms with van der Waals surface area (Å²) in [6.07, 6.45) is 3.07. The van der Waals surface area contributed by atoms with Crippen LogP contribution in [0.5, 0.6) is 5.75 Å². The molecule has 3 nitrogen and oxygen atoms in total. The van der Waals surface area contributed by atoms with E-state index in [9.17, 15) is 0 Å². The van der Waals surface area contributed by atoms with E-state index in [1.54, 1.807) is 7.11 Å². The van der Waals surface area contributed by atoms with Crippen LogP contribution < -0.4 is 4.74 Å². The molecule has 3 heteroatoms. The minimum Gasteiger partial charge on any atom is -0.497 e. The van der Waals surface area contributed by atoms with Crippen molar-refractivity contribution in [2.24, 2.45) is 5.10 Å². The van der Waals surface area contributed by atoms with Crippen LogP contribution in [0.25, 0.3) is 0 Å². The van der Waals surface area contributed by atoms with Gasteiger partial charge in [-0.15, -0.1) is 0 Å². The van der Waals surface area contributed by atoms with Gasteiger partial charge in [-0.1, -0.05) is 42.5 Å². The summed E-state index contributed by atoms with van der Waals surface area (Å²) in [4.78, 5) is 0. The molecule has 108 valence electrons. The smallest absolute Gasteiger partial charge is 0.119 e. The summed E-state index contributed by atoms with van der Waals surface area (Å²) >= 11 is 0. The molecule has 0 fully saturated rings. The van der Waals surface area contributed by atoms with E-state index < -0.39 is 0 Å². The van der Waals surface area contributed by atoms with Crippen molar-refractivity contribution in [1.29, 1.82) is 0 Å². The minimum absolute atomic E-state index is 0.178. The van der Waals surface area contributed by atoms with Gasteiger partial charge in [-0.05, 0) is 29.7 Å². The first kappa shape index (κ1) is 13.7. The first-order valence-corrected chi connectivity index (χ1v) is 7.21. The van der Waals surface area contributed by atoms with Gasteiger partial charge in [0.25, 0.3) is 0 Å². The van der Waals surface area contributed by atoms with Crippen molar-refractivity contribution < 1.29 is 4.74 Å². The molecule has 0 aliphatic carbocycles. The van der Waals surface area contributed by atoms with Gasteiger partial charge in [-0.2, -0.15) is 5.10 Å². The van der Waals surface area contributed by atoms with E-state index in [1.807, 2.05) is 24.2 Å². The Bertz CT molecular complexity index is 639. The fourth-order valence-corrected chi connectivity index (χ4v) is 2.90. The Labute approximate surface area is 125 Å². The highest BCUT2D eigenvalue weighted by Gasteiger charge is 2.35. The molecule has 21 heavy (non-hydrogen) atoms. The monoisotopic (exact) mass is 280 g/mol. The van der Waals surface area contributed by atoms with Gasteiger partial charge in [0.05, 0.1) is 12.5 Å². The van der Waals surface area contributed by atoms with Crippen LogP contribution in [0.15, 0.2) is 59.7 Å². The molecule has 0 N–H and O–H groups in total. The second-order valence-corrected chi connectivity index (χ2v) is 5.45. The Morgan fingerprint density at radius 2 is 1.81 bits per heavy atom. The summed E-state index contributed by atoms with van der Waals surface area (Å²) in [6, 6.07) is 18.9. The maximum atomic E-state index is 5.39. The lowest BCUT2D eigenvalue weighted by molar-refractivity contribution is 0.308. The van der Waals surface area contributed by atoms with Gasteiger partial charge in [0.2, 0.25) is 0 Å². The van der Waals surface area contributed by atoms with Crippen LogP contribution in [0.4, 0.5) is 0 Å². The molecule has 0 bridgehead atoms. The molecular formula is C18H20N2O. The third-order valence-corrected chi connectivity index (χ3v) is 4.18. The second-order valence-electron chi connectivity index (χ2n) is 5.45. The van der Waals surface area contributed by atoms with Crippen molar-refractivity contribution in [3.05, 3.63) is 65.7 Å². The fourth-order valence-electron chi connectivity index (χ4n) is 2.90. The van der Waals surface area contributed by atoms with Gasteiger partial charge in [0.15, 0.2) is 0 Å². The maximum absolute atomic E-state index is 5.39. The van der Waals surface area contributed by atoms with Crippen molar-refractivity contribution in [2.45, 2.75) is 11.8 Å². The topological polar surface area (TPSA) is 24.8 Å². The Kier molecular flexibility index (Phi) is 3.65. The van der Waals surface area contributed by atoms with Crippen LogP contribution in [0.3, 0.4) is 0 Å². The molecule has 3 rings (SSSR count). The molecule has 1 atom stereocenters. The largest absolute Gasteiger partial charge is 0.497 e. The van der Waals surface area contributed by atoms with Gasteiger partial charge in [0, 0.05) is 19.8 Å². The van der Waals surface area contributed by atoms with Crippen molar-refractivity contribution >= 4 is 6.21 Å². The zero-order chi connectivity index (χ0) is 14.7. The lowest BCUT2D eigenvalue weighted by atomic mass is 9.72. The zero-order valence-corrected chi connectivity index (χ0v) is 12.5. The number of rotatable bonds is 3. The van der Waals surface area contributed by atoms with Crippen LogP contribution >= 0.6 is 0 Å². The van der Waals surface area contributed by atoms with Gasteiger partial charge in [-0.3, -0.25) is 0 Å². The molecule has 0 saturated carbocycles. The van der Waals surface area contributed by atoms with E-state index in [-0.39, 0.29) is 5.41 Å². The predicted octanol–water partition coefficient (Wildman–Crippen LogP) is 3.30. The van der Waals surface area contributed by atoms with Crippen molar-refractivity contribution in [2.75, 3.05) is 20.7 Å². The van der Waals surface area contributed by atoms with Gasteiger partial charge in [-0.25, -0.2) is 0 Å². The van der Waals surface area contributed by atoms with E-state index in [0.29, 0.717) is 0 Å². The van der Waals surface area contributed by atoms with Crippen LogP contribution in [0.2, 0.25) is 0 Å². The average Bonchev–Trinajstić information content (AvgIpc) is 2.57. The van der Waals surface area contributed by atoms with E-state index in [2.05, 4.69) is 53.8 Å². The zero-order valence-electron chi connectivity index (χ0n) is 12.5. The number of hydrogen-bond donors (Lipinski definition) is 0. The predicted molar refractivity (Wildman–Crippen MR) is 86.0 cm³/mol. The molecule has 1 aliphatic rings. The number of hydrogen-bond acceptors (Lipinski definition) is 3. The van der Waals surface area contributed by atoms with Gasteiger partial charge < -0.3 is 9.75 Å². The normalized spacial score (nSPS) is 21.3. The third-order valence-electron chi connectivity index (χ3n) is 4.18. The molecular weight excluding hydrogens is 260 g/mol. The third kappa shape index (κ3) is 2.51. The van der Waals surface area contributed by atoms with Crippen LogP contribution in [0, 0.1) is 0 Å². The average molecular weight is 280 g/mol. The number of nitrogens with zero attached hydrogens (tertiary/aromatic N) is 2. The molecule has 2 aromatic carbocycles. The molecule has 0 spiro atoms. The Balaban J connectivity index is 2.15. The van der Waals surface area contributed by atoms with Crippen LogP contribution in [0.1, 0.15) is 17.5 Å². The van der Waals surface area contributed by atoms with Gasteiger partial charge >= 0.3 is 0 Å². The molecule has 1 heterocycles. The molecule has 1 unspecified atom stereocenters. The highest BCUT2D eigenvalue weighted by molar-refractivity contribution is 5.80. The van der Waals surface area contributed by atoms with Gasteiger partial charge in [0.1, 0.15) is 5.75 Å². The van der Waals surface area contributed by atoms with E-state index >= 15 is 0 Å². The van der Waals surface area contributed by atoms with Crippen LogP contribution in [-0.4, -0.2) is 31.9 Å². The second kappa shape index (κ2) is 5.60. The summed E-state index contributed by atoms with van der Waals surface area (Å²) < 4.78 is 5.39. The molecule has 0 aromatic heterocycles. The summed E-state index contributed by atoms with van der Waals surface area (Å²) in [5, 5.41) is 6.55. The number of benzene rings is 2. The van der Waals surface area contributed by atoms with Crippen LogP contribution in [-0.2, 0) is 5.41 Å². The van der Waals surface area contributed by atoms with E-state index in [4.69, 9.17) is 4.74 Å². The molecule has 2 aromatic rings. The molecule has 0 amide bonds. The molecule has 0 radical (unpaired) electrons. The number of ether oxygens (including phenoxy) is 1. The molecule has 0 saturated heterocycles. The summed E-state index contributed by atoms with van der Waals surface area (Å²) in [7, 11) is 3.72. The highest BCUT2D eigenvalue weighted by atomic mass is 16.5.